The third-order valence-corrected chi connectivity index (χ3v) is 4.34. The first-order valence-corrected chi connectivity index (χ1v) is 8.68. The van der Waals surface area contributed by atoms with Crippen molar-refractivity contribution in [2.45, 2.75) is 0 Å². The van der Waals surface area contributed by atoms with Gasteiger partial charge in [-0.1, -0.05) is 72.8 Å². The number of anilines is 1. The van der Waals surface area contributed by atoms with Crippen molar-refractivity contribution >= 4 is 23.1 Å². The maximum atomic E-state index is 12.2. The van der Waals surface area contributed by atoms with Gasteiger partial charge < -0.3 is 4.74 Å². The van der Waals surface area contributed by atoms with Crippen LogP contribution in [0.15, 0.2) is 96.1 Å². The molecule has 0 atom stereocenters. The van der Waals surface area contributed by atoms with Crippen LogP contribution in [0.4, 0.5) is 5.69 Å². The van der Waals surface area contributed by atoms with E-state index in [1.807, 2.05) is 72.8 Å². The van der Waals surface area contributed by atoms with Crippen molar-refractivity contribution in [3.05, 3.63) is 96.6 Å². The molecule has 1 aliphatic heterocycles. The fourth-order valence-electron chi connectivity index (χ4n) is 2.90. The number of carbonyl (C=O) groups is 1. The number of carbonyl (C=O) groups excluding carboxylic acids is 1. The minimum Gasteiger partial charge on any atom is -0.421 e. The summed E-state index contributed by atoms with van der Waals surface area (Å²) in [6.45, 7) is 0. The van der Waals surface area contributed by atoms with E-state index in [0.29, 0.717) is 5.76 Å². The zero-order valence-corrected chi connectivity index (χ0v) is 14.9. The van der Waals surface area contributed by atoms with Crippen LogP contribution in [0.3, 0.4) is 0 Å². The second-order valence-corrected chi connectivity index (χ2v) is 6.19. The van der Waals surface area contributed by atoms with Crippen molar-refractivity contribution in [1.29, 1.82) is 0 Å². The molecule has 0 fully saturated rings. The maximum Gasteiger partial charge on any atom is 0.364 e. The summed E-state index contributed by atoms with van der Waals surface area (Å²) in [4.78, 5) is 12.2. The number of ether oxygens (including phenoxy) is 1. The van der Waals surface area contributed by atoms with E-state index in [2.05, 4.69) is 17.2 Å². The van der Waals surface area contributed by atoms with Crippen LogP contribution in [0.25, 0.3) is 16.9 Å². The van der Waals surface area contributed by atoms with Crippen LogP contribution in [-0.2, 0) is 9.53 Å². The van der Waals surface area contributed by atoms with Gasteiger partial charge in [-0.25, -0.2) is 4.79 Å². The zero-order valence-electron chi connectivity index (χ0n) is 14.9. The van der Waals surface area contributed by atoms with E-state index < -0.39 is 5.97 Å². The molecule has 4 heteroatoms. The number of hydrogen-bond donors (Lipinski definition) is 0. The molecule has 4 nitrogen and oxygen atoms in total. The molecule has 0 aromatic heterocycles. The van der Waals surface area contributed by atoms with Crippen LogP contribution in [0.2, 0.25) is 0 Å². The predicted octanol–water partition coefficient (Wildman–Crippen LogP) is 4.74. The van der Waals surface area contributed by atoms with Crippen LogP contribution in [0, 0.1) is 0 Å². The summed E-state index contributed by atoms with van der Waals surface area (Å²) < 4.78 is 5.41. The highest BCUT2D eigenvalue weighted by Crippen LogP contribution is 2.26. The van der Waals surface area contributed by atoms with Gasteiger partial charge in [0.15, 0.2) is 5.71 Å². The molecule has 0 unspecified atom stereocenters. The van der Waals surface area contributed by atoms with Crippen molar-refractivity contribution in [2.24, 2.45) is 5.10 Å². The molecule has 3 aromatic rings. The number of para-hydroxylation sites is 1. The molecule has 132 valence electrons. The number of nitrogens with zero attached hydrogens (tertiary/aromatic N) is 2. The van der Waals surface area contributed by atoms with Crippen LogP contribution < -0.4 is 5.01 Å². The van der Waals surface area contributed by atoms with Gasteiger partial charge in [0.2, 0.25) is 0 Å². The van der Waals surface area contributed by atoms with Crippen molar-refractivity contribution in [2.75, 3.05) is 12.1 Å². The Morgan fingerprint density at radius 2 is 1.30 bits per heavy atom. The first-order chi connectivity index (χ1) is 13.2. The summed E-state index contributed by atoms with van der Waals surface area (Å²) in [5.74, 6) is 0.0692. The SMILES string of the molecule is CN(/N=C1\C=C(c2ccc(-c3ccccc3)cc2)OC1=O)c1ccccc1. The lowest BCUT2D eigenvalue weighted by molar-refractivity contribution is -0.128. The number of hydrazone groups is 1. The molecule has 0 spiro atoms. The summed E-state index contributed by atoms with van der Waals surface area (Å²) >= 11 is 0. The van der Waals surface area contributed by atoms with Crippen molar-refractivity contribution < 1.29 is 9.53 Å². The molecular formula is C23H18N2O2. The first kappa shape index (κ1) is 16.8. The molecule has 1 heterocycles. The Labute approximate surface area is 158 Å². The molecule has 0 amide bonds. The summed E-state index contributed by atoms with van der Waals surface area (Å²) in [5, 5.41) is 6.03. The van der Waals surface area contributed by atoms with Crippen molar-refractivity contribution in [3.63, 3.8) is 0 Å². The second kappa shape index (κ2) is 7.30. The van der Waals surface area contributed by atoms with Crippen LogP contribution in [-0.4, -0.2) is 18.7 Å². The maximum absolute atomic E-state index is 12.2. The average Bonchev–Trinajstić information content (AvgIpc) is 3.10. The number of rotatable bonds is 4. The Kier molecular flexibility index (Phi) is 4.54. The molecule has 0 aliphatic carbocycles. The van der Waals surface area contributed by atoms with E-state index in [1.54, 1.807) is 18.1 Å². The van der Waals surface area contributed by atoms with E-state index in [9.17, 15) is 4.79 Å². The van der Waals surface area contributed by atoms with Gasteiger partial charge in [0.25, 0.3) is 0 Å². The summed E-state index contributed by atoms with van der Waals surface area (Å²) in [5.41, 5.74) is 4.28. The van der Waals surface area contributed by atoms with E-state index in [-0.39, 0.29) is 5.71 Å². The third-order valence-electron chi connectivity index (χ3n) is 4.34. The Balaban J connectivity index is 1.57. The largest absolute Gasteiger partial charge is 0.421 e. The van der Waals surface area contributed by atoms with Gasteiger partial charge in [0, 0.05) is 18.7 Å². The van der Waals surface area contributed by atoms with Crippen molar-refractivity contribution in [3.8, 4) is 11.1 Å². The van der Waals surface area contributed by atoms with Crippen molar-refractivity contribution in [1.82, 2.24) is 0 Å². The van der Waals surface area contributed by atoms with Crippen LogP contribution >= 0.6 is 0 Å². The molecule has 0 N–H and O–H groups in total. The van der Waals surface area contributed by atoms with Gasteiger partial charge >= 0.3 is 5.97 Å². The number of hydrogen-bond acceptors (Lipinski definition) is 4. The van der Waals surface area contributed by atoms with Gasteiger partial charge in [0.1, 0.15) is 5.76 Å². The molecule has 0 saturated heterocycles. The number of cyclic esters (lactones) is 1. The minimum atomic E-state index is -0.445. The summed E-state index contributed by atoms with van der Waals surface area (Å²) in [6, 6.07) is 27.7. The monoisotopic (exact) mass is 354 g/mol. The number of esters is 1. The van der Waals surface area contributed by atoms with E-state index in [0.717, 1.165) is 22.4 Å². The van der Waals surface area contributed by atoms with Gasteiger partial charge in [-0.2, -0.15) is 5.10 Å². The number of benzene rings is 3. The first-order valence-electron chi connectivity index (χ1n) is 8.68. The molecule has 0 saturated carbocycles. The molecule has 0 radical (unpaired) electrons. The Hall–Kier alpha value is -3.66. The van der Waals surface area contributed by atoms with Gasteiger partial charge in [-0.05, 0) is 23.3 Å². The fraction of sp³-hybridized carbons (Fsp3) is 0.0435. The lowest BCUT2D eigenvalue weighted by Gasteiger charge is -2.12. The highest BCUT2D eigenvalue weighted by Gasteiger charge is 2.24. The Bertz CT molecular complexity index is 1010. The topological polar surface area (TPSA) is 41.9 Å². The summed E-state index contributed by atoms with van der Waals surface area (Å²) in [7, 11) is 1.80. The predicted molar refractivity (Wildman–Crippen MR) is 108 cm³/mol. The second-order valence-electron chi connectivity index (χ2n) is 6.19. The lowest BCUT2D eigenvalue weighted by Crippen LogP contribution is -2.16. The smallest absolute Gasteiger partial charge is 0.364 e. The van der Waals surface area contributed by atoms with Gasteiger partial charge in [-0.3, -0.25) is 5.01 Å². The highest BCUT2D eigenvalue weighted by atomic mass is 16.5. The van der Waals surface area contributed by atoms with E-state index in [1.165, 1.54) is 0 Å². The standard InChI is InChI=1S/C23H18N2O2/c1-25(20-10-6-3-7-11-20)24-21-16-22(27-23(21)26)19-14-12-18(13-15-19)17-8-4-2-5-9-17/h2-16H,1H3/b24-21+. The molecule has 3 aromatic carbocycles. The quantitative estimate of drug-likeness (QED) is 0.502. The van der Waals surface area contributed by atoms with Crippen LogP contribution in [0.5, 0.6) is 0 Å². The molecule has 0 bridgehead atoms. The minimum absolute atomic E-state index is 0.281. The van der Waals surface area contributed by atoms with Gasteiger partial charge in [-0.15, -0.1) is 0 Å². The molecular weight excluding hydrogens is 336 g/mol. The third kappa shape index (κ3) is 3.65. The van der Waals surface area contributed by atoms with E-state index in [4.69, 9.17) is 4.74 Å². The normalized spacial score (nSPS) is 14.8. The Morgan fingerprint density at radius 1 is 0.741 bits per heavy atom. The lowest BCUT2D eigenvalue weighted by atomic mass is 10.0. The average molecular weight is 354 g/mol. The molecule has 1 aliphatic rings. The molecule has 27 heavy (non-hydrogen) atoms. The van der Waals surface area contributed by atoms with Gasteiger partial charge in [0.05, 0.1) is 5.69 Å². The van der Waals surface area contributed by atoms with Crippen LogP contribution in [0.1, 0.15) is 5.56 Å². The van der Waals surface area contributed by atoms with E-state index >= 15 is 0 Å². The zero-order chi connectivity index (χ0) is 18.6. The Morgan fingerprint density at radius 3 is 1.96 bits per heavy atom. The highest BCUT2D eigenvalue weighted by molar-refractivity contribution is 6.45. The molecule has 4 rings (SSSR count). The fourth-order valence-corrected chi connectivity index (χ4v) is 2.90. The summed E-state index contributed by atoms with van der Waals surface area (Å²) in [6.07, 6.45) is 1.68.